The highest BCUT2D eigenvalue weighted by Crippen LogP contribution is 2.29. The molecule has 34 heavy (non-hydrogen) atoms. The molecule has 1 atom stereocenters. The highest BCUT2D eigenvalue weighted by atomic mass is 16.2. The Labute approximate surface area is 201 Å². The zero-order chi connectivity index (χ0) is 24.1. The SMILES string of the molecule is CCc1ccccc1NC(=O)CN1CCN(C(=O)C2CC(=O)N(c3ccccc3CC)C2)CC1. The predicted octanol–water partition coefficient (Wildman–Crippen LogP) is 2.95. The van der Waals surface area contributed by atoms with Crippen LogP contribution in [0, 0.1) is 5.92 Å². The maximum absolute atomic E-state index is 13.2. The van der Waals surface area contributed by atoms with Crippen molar-refractivity contribution in [2.45, 2.75) is 33.1 Å². The standard InChI is InChI=1S/C27H34N4O3/c1-3-20-9-5-7-11-23(20)28-25(32)19-29-13-15-30(16-14-29)27(34)22-17-26(33)31(18-22)24-12-8-6-10-21(24)4-2/h5-12,22H,3-4,13-19H2,1-2H3,(H,28,32). The lowest BCUT2D eigenvalue weighted by molar-refractivity contribution is -0.137. The third-order valence-electron chi connectivity index (χ3n) is 6.86. The third-order valence-corrected chi connectivity index (χ3v) is 6.86. The van der Waals surface area contributed by atoms with Gasteiger partial charge < -0.3 is 15.1 Å². The Morgan fingerprint density at radius 2 is 1.56 bits per heavy atom. The van der Waals surface area contributed by atoms with Crippen LogP contribution in [0.4, 0.5) is 11.4 Å². The molecule has 2 saturated heterocycles. The summed E-state index contributed by atoms with van der Waals surface area (Å²) in [4.78, 5) is 44.1. The summed E-state index contributed by atoms with van der Waals surface area (Å²) in [6.45, 7) is 7.35. The molecule has 2 aromatic carbocycles. The molecule has 2 aliphatic heterocycles. The summed E-state index contributed by atoms with van der Waals surface area (Å²) in [5.74, 6) is -0.280. The first-order valence-corrected chi connectivity index (χ1v) is 12.3. The number of amides is 3. The van der Waals surface area contributed by atoms with Gasteiger partial charge >= 0.3 is 0 Å². The first kappa shape index (κ1) is 24.0. The lowest BCUT2D eigenvalue weighted by atomic mass is 10.1. The van der Waals surface area contributed by atoms with Gasteiger partial charge in [-0.25, -0.2) is 0 Å². The van der Waals surface area contributed by atoms with Gasteiger partial charge in [0.1, 0.15) is 0 Å². The molecule has 2 heterocycles. The first-order valence-electron chi connectivity index (χ1n) is 12.3. The van der Waals surface area contributed by atoms with Crippen molar-refractivity contribution in [1.29, 1.82) is 0 Å². The van der Waals surface area contributed by atoms with Crippen LogP contribution in [0.1, 0.15) is 31.4 Å². The molecular formula is C27H34N4O3. The Morgan fingerprint density at radius 1 is 0.912 bits per heavy atom. The van der Waals surface area contributed by atoms with E-state index in [1.165, 1.54) is 0 Å². The van der Waals surface area contributed by atoms with Crippen LogP contribution in [0.5, 0.6) is 0 Å². The number of hydrogen-bond acceptors (Lipinski definition) is 4. The number of anilines is 2. The fraction of sp³-hybridized carbons (Fsp3) is 0.444. The lowest BCUT2D eigenvalue weighted by Gasteiger charge is -2.35. The van der Waals surface area contributed by atoms with Crippen molar-refractivity contribution < 1.29 is 14.4 Å². The van der Waals surface area contributed by atoms with E-state index in [1.807, 2.05) is 53.4 Å². The average molecular weight is 463 g/mol. The molecule has 1 N–H and O–H groups in total. The van der Waals surface area contributed by atoms with E-state index >= 15 is 0 Å². The molecule has 7 nitrogen and oxygen atoms in total. The summed E-state index contributed by atoms with van der Waals surface area (Å²) in [5, 5.41) is 3.02. The van der Waals surface area contributed by atoms with Crippen molar-refractivity contribution in [2.24, 2.45) is 5.92 Å². The second kappa shape index (κ2) is 10.8. The second-order valence-electron chi connectivity index (χ2n) is 9.05. The molecule has 2 aromatic rings. The Bertz CT molecular complexity index is 1050. The van der Waals surface area contributed by atoms with Crippen LogP contribution in [0.15, 0.2) is 48.5 Å². The molecule has 0 spiro atoms. The van der Waals surface area contributed by atoms with E-state index in [2.05, 4.69) is 24.1 Å². The summed E-state index contributed by atoms with van der Waals surface area (Å²) in [7, 11) is 0. The zero-order valence-electron chi connectivity index (χ0n) is 20.1. The number of carbonyl (C=O) groups is 3. The molecule has 7 heteroatoms. The Kier molecular flexibility index (Phi) is 7.63. The van der Waals surface area contributed by atoms with Gasteiger partial charge in [0.2, 0.25) is 17.7 Å². The maximum atomic E-state index is 13.2. The minimum Gasteiger partial charge on any atom is -0.340 e. The smallest absolute Gasteiger partial charge is 0.238 e. The molecule has 3 amide bonds. The topological polar surface area (TPSA) is 73.0 Å². The number of nitrogens with one attached hydrogen (secondary N) is 1. The Hall–Kier alpha value is -3.19. The van der Waals surface area contributed by atoms with Crippen LogP contribution >= 0.6 is 0 Å². The van der Waals surface area contributed by atoms with Gasteiger partial charge in [-0.05, 0) is 36.1 Å². The van der Waals surface area contributed by atoms with Gasteiger partial charge in [-0.2, -0.15) is 0 Å². The van der Waals surface area contributed by atoms with Crippen LogP contribution in [0.3, 0.4) is 0 Å². The van der Waals surface area contributed by atoms with Crippen LogP contribution < -0.4 is 10.2 Å². The van der Waals surface area contributed by atoms with E-state index < -0.39 is 0 Å². The monoisotopic (exact) mass is 462 g/mol. The predicted molar refractivity (Wildman–Crippen MR) is 134 cm³/mol. The van der Waals surface area contributed by atoms with Crippen molar-refractivity contribution in [1.82, 2.24) is 9.80 Å². The zero-order valence-corrected chi connectivity index (χ0v) is 20.1. The molecule has 0 radical (unpaired) electrons. The van der Waals surface area contributed by atoms with Crippen LogP contribution in [-0.4, -0.2) is 66.8 Å². The highest BCUT2D eigenvalue weighted by molar-refractivity contribution is 6.01. The van der Waals surface area contributed by atoms with E-state index in [4.69, 9.17) is 0 Å². The van der Waals surface area contributed by atoms with Crippen molar-refractivity contribution >= 4 is 29.1 Å². The summed E-state index contributed by atoms with van der Waals surface area (Å²) < 4.78 is 0. The molecule has 0 saturated carbocycles. The van der Waals surface area contributed by atoms with E-state index in [0.717, 1.165) is 35.3 Å². The number of nitrogens with zero attached hydrogens (tertiary/aromatic N) is 3. The van der Waals surface area contributed by atoms with E-state index in [9.17, 15) is 14.4 Å². The third kappa shape index (κ3) is 5.30. The average Bonchev–Trinajstić information content (AvgIpc) is 3.25. The van der Waals surface area contributed by atoms with Gasteiger partial charge in [-0.15, -0.1) is 0 Å². The van der Waals surface area contributed by atoms with Gasteiger partial charge in [0.15, 0.2) is 0 Å². The largest absolute Gasteiger partial charge is 0.340 e. The summed E-state index contributed by atoms with van der Waals surface area (Å²) >= 11 is 0. The molecular weight excluding hydrogens is 428 g/mol. The summed E-state index contributed by atoms with van der Waals surface area (Å²) in [6, 6.07) is 15.8. The normalized spacial score (nSPS) is 18.9. The molecule has 180 valence electrons. The van der Waals surface area contributed by atoms with Gasteiger partial charge in [0, 0.05) is 50.5 Å². The number of benzene rings is 2. The van der Waals surface area contributed by atoms with Crippen molar-refractivity contribution in [3.63, 3.8) is 0 Å². The summed E-state index contributed by atoms with van der Waals surface area (Å²) in [5.41, 5.74) is 4.03. The minimum absolute atomic E-state index is 0.0157. The van der Waals surface area contributed by atoms with Crippen LogP contribution in [0.2, 0.25) is 0 Å². The summed E-state index contributed by atoms with van der Waals surface area (Å²) in [6.07, 6.45) is 1.97. The molecule has 2 fully saturated rings. The lowest BCUT2D eigenvalue weighted by Crippen LogP contribution is -2.52. The van der Waals surface area contributed by atoms with Crippen molar-refractivity contribution in [2.75, 3.05) is 49.5 Å². The van der Waals surface area contributed by atoms with Gasteiger partial charge in [-0.1, -0.05) is 50.2 Å². The van der Waals surface area contributed by atoms with Crippen LogP contribution in [0.25, 0.3) is 0 Å². The fourth-order valence-electron chi connectivity index (χ4n) is 4.91. The number of para-hydroxylation sites is 2. The highest BCUT2D eigenvalue weighted by Gasteiger charge is 2.38. The molecule has 0 aliphatic carbocycles. The maximum Gasteiger partial charge on any atom is 0.238 e. The van der Waals surface area contributed by atoms with E-state index in [-0.39, 0.29) is 30.1 Å². The Balaban J connectivity index is 1.28. The minimum atomic E-state index is -0.308. The first-order chi connectivity index (χ1) is 16.5. The number of hydrogen-bond donors (Lipinski definition) is 1. The van der Waals surface area contributed by atoms with E-state index in [0.29, 0.717) is 39.3 Å². The van der Waals surface area contributed by atoms with Crippen molar-refractivity contribution in [3.8, 4) is 0 Å². The molecule has 0 bridgehead atoms. The molecule has 4 rings (SSSR count). The number of aryl methyl sites for hydroxylation is 2. The van der Waals surface area contributed by atoms with Gasteiger partial charge in [-0.3, -0.25) is 19.3 Å². The van der Waals surface area contributed by atoms with Crippen molar-refractivity contribution in [3.05, 3.63) is 59.7 Å². The fourth-order valence-corrected chi connectivity index (χ4v) is 4.91. The molecule has 2 aliphatic rings. The molecule has 1 unspecified atom stereocenters. The number of carbonyl (C=O) groups excluding carboxylic acids is 3. The number of piperazine rings is 1. The second-order valence-corrected chi connectivity index (χ2v) is 9.05. The quantitative estimate of drug-likeness (QED) is 0.687. The van der Waals surface area contributed by atoms with Crippen LogP contribution in [-0.2, 0) is 27.2 Å². The van der Waals surface area contributed by atoms with Gasteiger partial charge in [0.05, 0.1) is 12.5 Å². The Morgan fingerprint density at radius 3 is 2.26 bits per heavy atom. The number of rotatable bonds is 7. The van der Waals surface area contributed by atoms with Gasteiger partial charge in [0.25, 0.3) is 0 Å². The van der Waals surface area contributed by atoms with E-state index in [1.54, 1.807) is 4.90 Å². The molecule has 0 aromatic heterocycles.